The summed E-state index contributed by atoms with van der Waals surface area (Å²) >= 11 is 0. The molecular formula is C28H40N2O2. The summed E-state index contributed by atoms with van der Waals surface area (Å²) in [4.78, 5) is 28.1. The van der Waals surface area contributed by atoms with E-state index in [9.17, 15) is 9.59 Å². The number of nitrogens with zero attached hydrogens (tertiary/aromatic N) is 1. The van der Waals surface area contributed by atoms with Crippen molar-refractivity contribution < 1.29 is 9.59 Å². The van der Waals surface area contributed by atoms with Gasteiger partial charge in [0.1, 0.15) is 6.04 Å². The van der Waals surface area contributed by atoms with Crippen LogP contribution in [0.1, 0.15) is 77.0 Å². The van der Waals surface area contributed by atoms with E-state index in [0.29, 0.717) is 31.7 Å². The van der Waals surface area contributed by atoms with Crippen molar-refractivity contribution in [1.82, 2.24) is 10.2 Å². The van der Waals surface area contributed by atoms with Crippen LogP contribution in [0.3, 0.4) is 0 Å². The third-order valence-corrected chi connectivity index (χ3v) is 5.64. The summed E-state index contributed by atoms with van der Waals surface area (Å²) in [5.41, 5.74) is 3.28. The molecule has 1 unspecified atom stereocenters. The van der Waals surface area contributed by atoms with Gasteiger partial charge in [-0.1, -0.05) is 75.4 Å². The number of rotatable bonds is 10. The zero-order chi connectivity index (χ0) is 23.7. The third-order valence-electron chi connectivity index (χ3n) is 5.64. The zero-order valence-electron chi connectivity index (χ0n) is 20.7. The summed E-state index contributed by atoms with van der Waals surface area (Å²) in [6.07, 6.45) is 2.39. The van der Waals surface area contributed by atoms with Crippen molar-refractivity contribution in [2.45, 2.75) is 84.7 Å². The molecule has 2 aromatic carbocycles. The second-order valence-corrected chi connectivity index (χ2v) is 9.88. The summed E-state index contributed by atoms with van der Waals surface area (Å²) in [5, 5.41) is 3.06. The first-order valence-electron chi connectivity index (χ1n) is 11.8. The lowest BCUT2D eigenvalue weighted by Gasteiger charge is -2.33. The molecule has 32 heavy (non-hydrogen) atoms. The second-order valence-electron chi connectivity index (χ2n) is 9.88. The molecule has 2 aromatic rings. The number of benzene rings is 2. The highest BCUT2D eigenvalue weighted by atomic mass is 16.2. The number of carbonyl (C=O) groups is 2. The Bertz CT molecular complexity index is 851. The minimum Gasteiger partial charge on any atom is -0.350 e. The van der Waals surface area contributed by atoms with Crippen molar-refractivity contribution >= 4 is 11.8 Å². The van der Waals surface area contributed by atoms with Gasteiger partial charge in [0.15, 0.2) is 0 Å². The Kier molecular flexibility index (Phi) is 9.49. The fraction of sp³-hybridized carbons (Fsp3) is 0.500. The molecular weight excluding hydrogens is 396 g/mol. The van der Waals surface area contributed by atoms with E-state index in [0.717, 1.165) is 12.0 Å². The van der Waals surface area contributed by atoms with Gasteiger partial charge in [0.25, 0.3) is 0 Å². The van der Waals surface area contributed by atoms with Crippen molar-refractivity contribution in [2.24, 2.45) is 0 Å². The lowest BCUT2D eigenvalue weighted by molar-refractivity contribution is -0.141. The van der Waals surface area contributed by atoms with Gasteiger partial charge in [0, 0.05) is 18.5 Å². The number of carbonyl (C=O) groups excluding carboxylic acids is 2. The quantitative estimate of drug-likeness (QED) is 0.534. The van der Waals surface area contributed by atoms with Crippen LogP contribution in [0.5, 0.6) is 0 Å². The molecule has 2 amide bonds. The topological polar surface area (TPSA) is 49.4 Å². The Labute approximate surface area is 194 Å². The Morgan fingerprint density at radius 2 is 1.50 bits per heavy atom. The summed E-state index contributed by atoms with van der Waals surface area (Å²) in [5.74, 6) is 0.443. The summed E-state index contributed by atoms with van der Waals surface area (Å²) < 4.78 is 0. The van der Waals surface area contributed by atoms with Crippen molar-refractivity contribution in [2.75, 3.05) is 6.54 Å². The van der Waals surface area contributed by atoms with E-state index < -0.39 is 6.04 Å². The molecule has 0 spiro atoms. The molecule has 0 saturated heterocycles. The molecule has 0 aliphatic carbocycles. The first-order chi connectivity index (χ1) is 15.1. The zero-order valence-corrected chi connectivity index (χ0v) is 20.7. The Balaban J connectivity index is 2.13. The van der Waals surface area contributed by atoms with Crippen LogP contribution in [-0.4, -0.2) is 34.8 Å². The maximum atomic E-state index is 13.3. The van der Waals surface area contributed by atoms with Gasteiger partial charge >= 0.3 is 0 Å². The number of hydrogen-bond donors (Lipinski definition) is 1. The third kappa shape index (κ3) is 8.14. The van der Waals surface area contributed by atoms with Crippen LogP contribution in [-0.2, 0) is 22.4 Å². The molecule has 0 heterocycles. The van der Waals surface area contributed by atoms with Gasteiger partial charge in [-0.3, -0.25) is 9.59 Å². The highest BCUT2D eigenvalue weighted by molar-refractivity contribution is 5.88. The highest BCUT2D eigenvalue weighted by Crippen LogP contribution is 2.17. The summed E-state index contributed by atoms with van der Waals surface area (Å²) in [6.45, 7) is 12.8. The fourth-order valence-electron chi connectivity index (χ4n) is 3.81. The average molecular weight is 437 g/mol. The lowest BCUT2D eigenvalue weighted by Crippen LogP contribution is -2.54. The van der Waals surface area contributed by atoms with E-state index in [-0.39, 0.29) is 17.4 Å². The minimum absolute atomic E-state index is 0.0322. The maximum Gasteiger partial charge on any atom is 0.243 e. The van der Waals surface area contributed by atoms with Crippen LogP contribution < -0.4 is 5.32 Å². The molecule has 0 aliphatic heterocycles. The van der Waals surface area contributed by atoms with Crippen LogP contribution in [0.15, 0.2) is 54.6 Å². The molecule has 4 heteroatoms. The Hall–Kier alpha value is -2.62. The normalized spacial score (nSPS) is 12.5. The van der Waals surface area contributed by atoms with Gasteiger partial charge in [-0.2, -0.15) is 0 Å². The number of hydrogen-bond acceptors (Lipinski definition) is 2. The van der Waals surface area contributed by atoms with Gasteiger partial charge in [-0.05, 0) is 62.6 Å². The van der Waals surface area contributed by atoms with Gasteiger partial charge in [-0.15, -0.1) is 0 Å². The van der Waals surface area contributed by atoms with Crippen molar-refractivity contribution in [1.29, 1.82) is 0 Å². The van der Waals surface area contributed by atoms with Gasteiger partial charge < -0.3 is 10.2 Å². The second kappa shape index (κ2) is 11.8. The fourth-order valence-corrected chi connectivity index (χ4v) is 3.81. The Morgan fingerprint density at radius 1 is 0.906 bits per heavy atom. The molecule has 0 aliphatic rings. The number of nitrogens with one attached hydrogen (secondary N) is 1. The predicted molar refractivity (Wildman–Crippen MR) is 133 cm³/mol. The van der Waals surface area contributed by atoms with E-state index >= 15 is 0 Å². The monoisotopic (exact) mass is 436 g/mol. The molecule has 0 radical (unpaired) electrons. The summed E-state index contributed by atoms with van der Waals surface area (Å²) in [6, 6.07) is 18.2. The van der Waals surface area contributed by atoms with E-state index in [1.165, 1.54) is 11.1 Å². The molecule has 4 nitrogen and oxygen atoms in total. The molecule has 0 saturated carbocycles. The predicted octanol–water partition coefficient (Wildman–Crippen LogP) is 5.51. The van der Waals surface area contributed by atoms with Crippen LogP contribution >= 0.6 is 0 Å². The number of aryl methyl sites for hydroxylation is 1. The van der Waals surface area contributed by atoms with Crippen LogP contribution in [0.4, 0.5) is 0 Å². The maximum absolute atomic E-state index is 13.3. The number of amides is 2. The van der Waals surface area contributed by atoms with Crippen molar-refractivity contribution in [3.63, 3.8) is 0 Å². The molecule has 1 atom stereocenters. The minimum atomic E-state index is -0.464. The smallest absolute Gasteiger partial charge is 0.243 e. The molecule has 0 bridgehead atoms. The van der Waals surface area contributed by atoms with Crippen molar-refractivity contribution in [3.8, 4) is 0 Å². The van der Waals surface area contributed by atoms with Crippen molar-refractivity contribution in [3.05, 3.63) is 71.3 Å². The SMILES string of the molecule is CCC(C(=O)NC(C)(C)C)N(CCc1ccccc1)C(=O)CCc1ccc(C(C)C)cc1. The molecule has 2 rings (SSSR count). The van der Waals surface area contributed by atoms with E-state index in [1.54, 1.807) is 4.90 Å². The van der Waals surface area contributed by atoms with Crippen LogP contribution in [0.2, 0.25) is 0 Å². The van der Waals surface area contributed by atoms with Gasteiger partial charge in [-0.25, -0.2) is 0 Å². The standard InChI is InChI=1S/C28H40N2O2/c1-7-25(27(32)29-28(4,5)6)30(20-19-22-11-9-8-10-12-22)26(31)18-15-23-13-16-24(17-14-23)21(2)3/h8-14,16-17,21,25H,7,15,18-20H2,1-6H3,(H,29,32). The highest BCUT2D eigenvalue weighted by Gasteiger charge is 2.30. The van der Waals surface area contributed by atoms with Crippen LogP contribution in [0.25, 0.3) is 0 Å². The largest absolute Gasteiger partial charge is 0.350 e. The lowest BCUT2D eigenvalue weighted by atomic mass is 10.00. The van der Waals surface area contributed by atoms with E-state index in [1.807, 2.05) is 45.9 Å². The molecule has 0 fully saturated rings. The van der Waals surface area contributed by atoms with Gasteiger partial charge in [0.2, 0.25) is 11.8 Å². The molecule has 0 aromatic heterocycles. The summed E-state index contributed by atoms with van der Waals surface area (Å²) in [7, 11) is 0. The average Bonchev–Trinajstić information content (AvgIpc) is 2.74. The Morgan fingerprint density at radius 3 is 2.03 bits per heavy atom. The molecule has 1 N–H and O–H groups in total. The van der Waals surface area contributed by atoms with Crippen LogP contribution in [0, 0.1) is 0 Å². The van der Waals surface area contributed by atoms with E-state index in [2.05, 4.69) is 55.6 Å². The first kappa shape index (κ1) is 25.6. The first-order valence-corrected chi connectivity index (χ1v) is 11.8. The molecule has 174 valence electrons. The van der Waals surface area contributed by atoms with Gasteiger partial charge in [0.05, 0.1) is 0 Å². The van der Waals surface area contributed by atoms with E-state index in [4.69, 9.17) is 0 Å².